The van der Waals surface area contributed by atoms with Crippen molar-refractivity contribution in [2.24, 2.45) is 0 Å². The SMILES string of the molecule is O=C(NCc1ccccc1F)c1cccc(OCc2cscn2)c1. The lowest BCUT2D eigenvalue weighted by molar-refractivity contribution is 0.0950. The number of halogens is 1. The number of hydrogen-bond acceptors (Lipinski definition) is 4. The van der Waals surface area contributed by atoms with Crippen LogP contribution < -0.4 is 10.1 Å². The van der Waals surface area contributed by atoms with Crippen LogP contribution in [0.5, 0.6) is 5.75 Å². The summed E-state index contributed by atoms with van der Waals surface area (Å²) in [6, 6.07) is 13.2. The van der Waals surface area contributed by atoms with Crippen LogP contribution in [0.2, 0.25) is 0 Å². The summed E-state index contributed by atoms with van der Waals surface area (Å²) in [6.45, 7) is 0.485. The minimum Gasteiger partial charge on any atom is -0.487 e. The van der Waals surface area contributed by atoms with Crippen LogP contribution >= 0.6 is 11.3 Å². The van der Waals surface area contributed by atoms with Gasteiger partial charge in [0.1, 0.15) is 18.2 Å². The van der Waals surface area contributed by atoms with Gasteiger partial charge in [-0.25, -0.2) is 9.37 Å². The zero-order valence-electron chi connectivity index (χ0n) is 12.7. The number of benzene rings is 2. The Morgan fingerprint density at radius 2 is 2.08 bits per heavy atom. The van der Waals surface area contributed by atoms with Crippen LogP contribution in [0.1, 0.15) is 21.6 Å². The molecule has 122 valence electrons. The molecule has 0 unspecified atom stereocenters. The molecule has 4 nitrogen and oxygen atoms in total. The first-order valence-corrected chi connectivity index (χ1v) is 8.28. The summed E-state index contributed by atoms with van der Waals surface area (Å²) >= 11 is 1.50. The van der Waals surface area contributed by atoms with E-state index in [4.69, 9.17) is 4.74 Å². The lowest BCUT2D eigenvalue weighted by atomic mass is 10.1. The van der Waals surface area contributed by atoms with Gasteiger partial charge in [0.25, 0.3) is 5.91 Å². The molecule has 0 bridgehead atoms. The van der Waals surface area contributed by atoms with Crippen LogP contribution in [0.4, 0.5) is 4.39 Å². The maximum absolute atomic E-state index is 13.6. The van der Waals surface area contributed by atoms with E-state index in [2.05, 4.69) is 10.3 Å². The number of carbonyl (C=O) groups excluding carboxylic acids is 1. The van der Waals surface area contributed by atoms with Crippen LogP contribution in [-0.4, -0.2) is 10.9 Å². The number of thiazole rings is 1. The number of rotatable bonds is 6. The van der Waals surface area contributed by atoms with Crippen LogP contribution in [0.3, 0.4) is 0 Å². The fourth-order valence-electron chi connectivity index (χ4n) is 2.11. The summed E-state index contributed by atoms with van der Waals surface area (Å²) in [6.07, 6.45) is 0. The first-order valence-electron chi connectivity index (χ1n) is 7.34. The molecule has 3 rings (SSSR count). The molecule has 1 heterocycles. The van der Waals surface area contributed by atoms with Gasteiger partial charge in [0.2, 0.25) is 0 Å². The summed E-state index contributed by atoms with van der Waals surface area (Å²) in [5, 5.41) is 4.62. The number of hydrogen-bond donors (Lipinski definition) is 1. The average molecular weight is 342 g/mol. The van der Waals surface area contributed by atoms with Gasteiger partial charge < -0.3 is 10.1 Å². The Kier molecular flexibility index (Phi) is 5.18. The molecule has 24 heavy (non-hydrogen) atoms. The molecule has 0 fully saturated rings. The van der Waals surface area contributed by atoms with Crippen molar-refractivity contribution in [2.75, 3.05) is 0 Å². The molecule has 0 radical (unpaired) electrons. The number of aromatic nitrogens is 1. The topological polar surface area (TPSA) is 51.2 Å². The predicted molar refractivity (Wildman–Crippen MR) is 90.5 cm³/mol. The molecule has 0 saturated carbocycles. The van der Waals surface area contributed by atoms with Gasteiger partial charge in [-0.05, 0) is 24.3 Å². The molecule has 0 aliphatic carbocycles. The Morgan fingerprint density at radius 3 is 2.88 bits per heavy atom. The molecule has 1 aromatic heterocycles. The van der Waals surface area contributed by atoms with Crippen molar-refractivity contribution in [3.05, 3.63) is 82.1 Å². The largest absolute Gasteiger partial charge is 0.487 e. The molecule has 3 aromatic rings. The highest BCUT2D eigenvalue weighted by molar-refractivity contribution is 7.07. The minimum absolute atomic E-state index is 0.134. The van der Waals surface area contributed by atoms with Gasteiger partial charge >= 0.3 is 0 Å². The monoisotopic (exact) mass is 342 g/mol. The Hall–Kier alpha value is -2.73. The van der Waals surface area contributed by atoms with Crippen molar-refractivity contribution < 1.29 is 13.9 Å². The fourth-order valence-corrected chi connectivity index (χ4v) is 2.66. The Balaban J connectivity index is 1.60. The van der Waals surface area contributed by atoms with Crippen LogP contribution in [-0.2, 0) is 13.2 Å². The summed E-state index contributed by atoms with van der Waals surface area (Å²) < 4.78 is 19.2. The van der Waals surface area contributed by atoms with E-state index in [9.17, 15) is 9.18 Å². The average Bonchev–Trinajstić information content (AvgIpc) is 3.13. The second kappa shape index (κ2) is 7.70. The first-order chi connectivity index (χ1) is 11.7. The predicted octanol–water partition coefficient (Wildman–Crippen LogP) is 3.79. The van der Waals surface area contributed by atoms with E-state index < -0.39 is 0 Å². The maximum atomic E-state index is 13.6. The second-order valence-corrected chi connectivity index (χ2v) is 5.79. The summed E-state index contributed by atoms with van der Waals surface area (Å²) in [5.41, 5.74) is 3.49. The summed E-state index contributed by atoms with van der Waals surface area (Å²) in [4.78, 5) is 16.4. The molecule has 1 N–H and O–H groups in total. The third-order valence-corrected chi connectivity index (χ3v) is 4.00. The van der Waals surface area contributed by atoms with Gasteiger partial charge in [0, 0.05) is 23.1 Å². The van der Waals surface area contributed by atoms with E-state index in [-0.39, 0.29) is 18.3 Å². The lowest BCUT2D eigenvalue weighted by Crippen LogP contribution is -2.23. The van der Waals surface area contributed by atoms with E-state index in [0.29, 0.717) is 23.5 Å². The van der Waals surface area contributed by atoms with Crippen molar-refractivity contribution >= 4 is 17.2 Å². The Morgan fingerprint density at radius 1 is 1.21 bits per heavy atom. The highest BCUT2D eigenvalue weighted by Crippen LogP contribution is 2.15. The van der Waals surface area contributed by atoms with Crippen LogP contribution in [0.15, 0.2) is 59.4 Å². The zero-order chi connectivity index (χ0) is 16.8. The quantitative estimate of drug-likeness (QED) is 0.741. The first kappa shape index (κ1) is 16.1. The van der Waals surface area contributed by atoms with Crippen LogP contribution in [0, 0.1) is 5.82 Å². The molecule has 0 atom stereocenters. The molecule has 0 aliphatic heterocycles. The molecule has 6 heteroatoms. The molecular weight excluding hydrogens is 327 g/mol. The highest BCUT2D eigenvalue weighted by Gasteiger charge is 2.08. The molecule has 2 aromatic carbocycles. The van der Waals surface area contributed by atoms with Gasteiger partial charge in [0.05, 0.1) is 11.2 Å². The van der Waals surface area contributed by atoms with Gasteiger partial charge in [-0.15, -0.1) is 11.3 Å². The van der Waals surface area contributed by atoms with Gasteiger partial charge in [0.15, 0.2) is 0 Å². The summed E-state index contributed by atoms with van der Waals surface area (Å²) in [5.74, 6) is -0.0305. The number of nitrogens with zero attached hydrogens (tertiary/aromatic N) is 1. The minimum atomic E-state index is -0.335. The highest BCUT2D eigenvalue weighted by atomic mass is 32.1. The normalized spacial score (nSPS) is 10.4. The van der Waals surface area contributed by atoms with Gasteiger partial charge in [-0.2, -0.15) is 0 Å². The number of nitrogens with one attached hydrogen (secondary N) is 1. The van der Waals surface area contributed by atoms with E-state index in [0.717, 1.165) is 5.69 Å². The smallest absolute Gasteiger partial charge is 0.251 e. The Labute approximate surface area is 142 Å². The molecular formula is C18H15FN2O2S. The van der Waals surface area contributed by atoms with Crippen molar-refractivity contribution in [3.8, 4) is 5.75 Å². The van der Waals surface area contributed by atoms with Gasteiger partial charge in [-0.1, -0.05) is 24.3 Å². The fraction of sp³-hybridized carbons (Fsp3) is 0.111. The molecule has 1 amide bonds. The van der Waals surface area contributed by atoms with Crippen molar-refractivity contribution in [1.29, 1.82) is 0 Å². The van der Waals surface area contributed by atoms with Crippen molar-refractivity contribution in [1.82, 2.24) is 10.3 Å². The lowest BCUT2D eigenvalue weighted by Gasteiger charge is -2.08. The van der Waals surface area contributed by atoms with Crippen molar-refractivity contribution in [2.45, 2.75) is 13.2 Å². The number of ether oxygens (including phenoxy) is 1. The molecule has 0 aliphatic rings. The summed E-state index contributed by atoms with van der Waals surface area (Å²) in [7, 11) is 0. The van der Waals surface area contributed by atoms with Gasteiger partial charge in [-0.3, -0.25) is 4.79 Å². The molecule has 0 saturated heterocycles. The van der Waals surface area contributed by atoms with E-state index in [1.54, 1.807) is 48.0 Å². The van der Waals surface area contributed by atoms with Crippen LogP contribution in [0.25, 0.3) is 0 Å². The standard InChI is InChI=1S/C18H15FN2O2S/c19-17-7-2-1-4-14(17)9-20-18(22)13-5-3-6-16(8-13)23-10-15-11-24-12-21-15/h1-8,11-12H,9-10H2,(H,20,22). The second-order valence-electron chi connectivity index (χ2n) is 5.07. The van der Waals surface area contributed by atoms with E-state index in [1.165, 1.54) is 17.4 Å². The number of carbonyl (C=O) groups is 1. The maximum Gasteiger partial charge on any atom is 0.251 e. The third kappa shape index (κ3) is 4.17. The van der Waals surface area contributed by atoms with E-state index >= 15 is 0 Å². The number of amides is 1. The zero-order valence-corrected chi connectivity index (χ0v) is 13.6. The van der Waals surface area contributed by atoms with Crippen molar-refractivity contribution in [3.63, 3.8) is 0 Å². The molecule has 0 spiro atoms. The van der Waals surface area contributed by atoms with E-state index in [1.807, 2.05) is 5.38 Å². The third-order valence-electron chi connectivity index (χ3n) is 3.36. The Bertz CT molecular complexity index is 821.